The molecule has 2 fully saturated rings. The second kappa shape index (κ2) is 6.71. The van der Waals surface area contributed by atoms with E-state index in [1.807, 2.05) is 0 Å². The van der Waals surface area contributed by atoms with Crippen molar-refractivity contribution in [1.82, 2.24) is 4.90 Å². The van der Waals surface area contributed by atoms with Crippen LogP contribution in [0.1, 0.15) is 53.4 Å². The summed E-state index contributed by atoms with van der Waals surface area (Å²) in [6.45, 7) is 11.8. The molecule has 1 aliphatic carbocycles. The summed E-state index contributed by atoms with van der Waals surface area (Å²) < 4.78 is 0. The SMILES string of the molecule is CCC1CN(C2CC(C(C)(C)C)CCC2C#N)CCS1. The lowest BCUT2D eigenvalue weighted by Gasteiger charge is -2.46. The smallest absolute Gasteiger partial charge is 0.0672 e. The molecule has 1 aliphatic heterocycles. The average molecular weight is 295 g/mol. The molecule has 2 rings (SSSR count). The summed E-state index contributed by atoms with van der Waals surface area (Å²) >= 11 is 2.12. The van der Waals surface area contributed by atoms with E-state index < -0.39 is 0 Å². The van der Waals surface area contributed by atoms with Crippen molar-refractivity contribution in [3.63, 3.8) is 0 Å². The molecule has 0 radical (unpaired) electrons. The van der Waals surface area contributed by atoms with Gasteiger partial charge in [0.05, 0.1) is 12.0 Å². The van der Waals surface area contributed by atoms with Gasteiger partial charge in [-0.05, 0) is 37.0 Å². The minimum atomic E-state index is 0.259. The lowest BCUT2D eigenvalue weighted by molar-refractivity contribution is 0.0620. The lowest BCUT2D eigenvalue weighted by Crippen LogP contribution is -2.50. The molecular formula is C17H30N2S. The van der Waals surface area contributed by atoms with Crippen molar-refractivity contribution in [2.75, 3.05) is 18.8 Å². The second-order valence-corrected chi connectivity index (χ2v) is 8.98. The van der Waals surface area contributed by atoms with Crippen LogP contribution in [-0.2, 0) is 0 Å². The molecule has 1 saturated carbocycles. The van der Waals surface area contributed by atoms with E-state index in [9.17, 15) is 5.26 Å². The van der Waals surface area contributed by atoms with Crippen LogP contribution in [0.3, 0.4) is 0 Å². The molecule has 20 heavy (non-hydrogen) atoms. The van der Waals surface area contributed by atoms with Crippen molar-refractivity contribution >= 4 is 11.8 Å². The molecule has 0 bridgehead atoms. The molecule has 0 amide bonds. The van der Waals surface area contributed by atoms with Gasteiger partial charge in [0, 0.05) is 30.1 Å². The highest BCUT2D eigenvalue weighted by atomic mass is 32.2. The Morgan fingerprint density at radius 1 is 1.30 bits per heavy atom. The maximum Gasteiger partial charge on any atom is 0.0672 e. The highest BCUT2D eigenvalue weighted by Crippen LogP contribution is 2.42. The van der Waals surface area contributed by atoms with Gasteiger partial charge >= 0.3 is 0 Å². The highest BCUT2D eigenvalue weighted by molar-refractivity contribution is 8.00. The Kier molecular flexibility index (Phi) is 5.42. The van der Waals surface area contributed by atoms with Crippen LogP contribution < -0.4 is 0 Å². The predicted octanol–water partition coefficient (Wildman–Crippen LogP) is 4.17. The van der Waals surface area contributed by atoms with Gasteiger partial charge in [0.2, 0.25) is 0 Å². The van der Waals surface area contributed by atoms with Crippen molar-refractivity contribution in [2.45, 2.75) is 64.7 Å². The van der Waals surface area contributed by atoms with Gasteiger partial charge in [0.15, 0.2) is 0 Å². The molecule has 1 heterocycles. The zero-order valence-corrected chi connectivity index (χ0v) is 14.4. The summed E-state index contributed by atoms with van der Waals surface area (Å²) in [7, 11) is 0. The molecule has 0 aromatic rings. The molecule has 0 N–H and O–H groups in total. The topological polar surface area (TPSA) is 27.0 Å². The second-order valence-electron chi connectivity index (χ2n) is 7.57. The van der Waals surface area contributed by atoms with Crippen molar-refractivity contribution in [3.05, 3.63) is 0 Å². The normalized spacial score (nSPS) is 36.5. The minimum Gasteiger partial charge on any atom is -0.297 e. The number of rotatable bonds is 2. The van der Waals surface area contributed by atoms with Gasteiger partial charge in [-0.2, -0.15) is 17.0 Å². The largest absolute Gasteiger partial charge is 0.297 e. The van der Waals surface area contributed by atoms with E-state index in [1.165, 1.54) is 38.1 Å². The average Bonchev–Trinajstić information content (AvgIpc) is 2.45. The van der Waals surface area contributed by atoms with Crippen LogP contribution in [0.15, 0.2) is 0 Å². The first kappa shape index (κ1) is 16.2. The van der Waals surface area contributed by atoms with Gasteiger partial charge in [-0.1, -0.05) is 27.7 Å². The molecule has 2 nitrogen and oxygen atoms in total. The summed E-state index contributed by atoms with van der Waals surface area (Å²) in [5.74, 6) is 2.27. The van der Waals surface area contributed by atoms with Crippen LogP contribution in [0.4, 0.5) is 0 Å². The maximum absolute atomic E-state index is 9.52. The van der Waals surface area contributed by atoms with Crippen LogP contribution in [-0.4, -0.2) is 35.0 Å². The monoisotopic (exact) mass is 294 g/mol. The third-order valence-corrected chi connectivity index (χ3v) is 6.67. The number of thioether (sulfide) groups is 1. The van der Waals surface area contributed by atoms with Gasteiger partial charge in [-0.25, -0.2) is 0 Å². The molecule has 0 aromatic carbocycles. The van der Waals surface area contributed by atoms with Crippen LogP contribution in [0.25, 0.3) is 0 Å². The van der Waals surface area contributed by atoms with Crippen molar-refractivity contribution in [2.24, 2.45) is 17.3 Å². The van der Waals surface area contributed by atoms with Gasteiger partial charge in [0.1, 0.15) is 0 Å². The Balaban J connectivity index is 2.07. The first-order chi connectivity index (χ1) is 9.45. The molecule has 3 heteroatoms. The third kappa shape index (κ3) is 3.71. The van der Waals surface area contributed by atoms with Crippen molar-refractivity contribution in [1.29, 1.82) is 5.26 Å². The van der Waals surface area contributed by atoms with Gasteiger partial charge in [-0.15, -0.1) is 0 Å². The maximum atomic E-state index is 9.52. The van der Waals surface area contributed by atoms with Crippen molar-refractivity contribution < 1.29 is 0 Å². The zero-order chi connectivity index (χ0) is 14.8. The Morgan fingerprint density at radius 3 is 2.65 bits per heavy atom. The zero-order valence-electron chi connectivity index (χ0n) is 13.6. The Morgan fingerprint density at radius 2 is 2.05 bits per heavy atom. The Hall–Kier alpha value is -0.200. The van der Waals surface area contributed by atoms with Crippen LogP contribution in [0.2, 0.25) is 0 Å². The van der Waals surface area contributed by atoms with Crippen molar-refractivity contribution in [3.8, 4) is 6.07 Å². The first-order valence-corrected chi connectivity index (χ1v) is 9.25. The van der Waals surface area contributed by atoms with Gasteiger partial charge < -0.3 is 0 Å². The molecular weight excluding hydrogens is 264 g/mol. The molecule has 114 valence electrons. The summed E-state index contributed by atoms with van der Waals surface area (Å²) in [6, 6.07) is 3.12. The highest BCUT2D eigenvalue weighted by Gasteiger charge is 2.39. The summed E-state index contributed by atoms with van der Waals surface area (Å²) in [4.78, 5) is 2.65. The fourth-order valence-corrected chi connectivity index (χ4v) is 4.98. The van der Waals surface area contributed by atoms with E-state index in [-0.39, 0.29) is 5.92 Å². The third-order valence-electron chi connectivity index (χ3n) is 5.30. The first-order valence-electron chi connectivity index (χ1n) is 8.21. The Labute approximate surface area is 129 Å². The quantitative estimate of drug-likeness (QED) is 0.765. The molecule has 4 atom stereocenters. The van der Waals surface area contributed by atoms with E-state index >= 15 is 0 Å². The van der Waals surface area contributed by atoms with E-state index in [2.05, 4.69) is 50.4 Å². The molecule has 0 aromatic heterocycles. The van der Waals surface area contributed by atoms with Crippen LogP contribution in [0, 0.1) is 28.6 Å². The molecule has 2 aliphatic rings. The number of hydrogen-bond donors (Lipinski definition) is 0. The van der Waals surface area contributed by atoms with E-state index in [1.54, 1.807) is 0 Å². The van der Waals surface area contributed by atoms with Crippen LogP contribution in [0.5, 0.6) is 0 Å². The van der Waals surface area contributed by atoms with Gasteiger partial charge in [0.25, 0.3) is 0 Å². The molecule has 4 unspecified atom stereocenters. The molecule has 1 saturated heterocycles. The summed E-state index contributed by atoms with van der Waals surface area (Å²) in [5.41, 5.74) is 0.382. The fourth-order valence-electron chi connectivity index (χ4n) is 3.78. The fraction of sp³-hybridized carbons (Fsp3) is 0.941. The van der Waals surface area contributed by atoms with E-state index in [0.29, 0.717) is 11.5 Å². The number of nitrogens with zero attached hydrogens (tertiary/aromatic N) is 2. The Bertz CT molecular complexity index is 355. The summed E-state index contributed by atoms with van der Waals surface area (Å²) in [5, 5.41) is 10.3. The van der Waals surface area contributed by atoms with Crippen LogP contribution >= 0.6 is 11.8 Å². The lowest BCUT2D eigenvalue weighted by atomic mass is 9.67. The standard InChI is InChI=1S/C17H30N2S/c1-5-15-12-19(8-9-20-15)16-10-14(17(2,3)4)7-6-13(16)11-18/h13-16H,5-10,12H2,1-4H3. The number of nitriles is 1. The van der Waals surface area contributed by atoms with E-state index in [4.69, 9.17) is 0 Å². The molecule has 0 spiro atoms. The number of hydrogen-bond acceptors (Lipinski definition) is 3. The summed E-state index contributed by atoms with van der Waals surface area (Å²) in [6.07, 6.45) is 4.82. The predicted molar refractivity (Wildman–Crippen MR) is 87.8 cm³/mol. The van der Waals surface area contributed by atoms with E-state index in [0.717, 1.165) is 17.6 Å². The minimum absolute atomic E-state index is 0.259. The van der Waals surface area contributed by atoms with Gasteiger partial charge in [-0.3, -0.25) is 4.90 Å².